The maximum atomic E-state index is 13.9. The molecule has 0 bridgehead atoms. The number of carbonyl (C=O) groups excluding carboxylic acids is 14. The second-order valence-electron chi connectivity index (χ2n) is 35.4. The number of fused-ring (bicyclic) bond motifs is 6. The summed E-state index contributed by atoms with van der Waals surface area (Å²) in [7, 11) is 2.16. The minimum absolute atomic E-state index is 0.0147. The molecule has 10 rings (SSSR count). The van der Waals surface area contributed by atoms with E-state index in [-0.39, 0.29) is 198 Å². The minimum atomic E-state index is -0.781. The zero-order chi connectivity index (χ0) is 102. The molecule has 1 fully saturated rings. The third-order valence-corrected chi connectivity index (χ3v) is 23.8. The van der Waals surface area contributed by atoms with Crippen LogP contribution in [0.1, 0.15) is 150 Å². The van der Waals surface area contributed by atoms with Crippen molar-refractivity contribution in [2.75, 3.05) is 189 Å². The van der Waals surface area contributed by atoms with Crippen molar-refractivity contribution in [1.29, 1.82) is 0 Å². The minimum Gasteiger partial charge on any atom is -0.423 e. The molecule has 760 valence electrons. The summed E-state index contributed by atoms with van der Waals surface area (Å²) >= 11 is 0. The Morgan fingerprint density at radius 3 is 1.11 bits per heavy atom. The van der Waals surface area contributed by atoms with E-state index in [0.717, 1.165) is 67.3 Å². The first kappa shape index (κ1) is 110. The number of anilines is 1. The number of benzene rings is 7. The van der Waals surface area contributed by atoms with Gasteiger partial charge in [0, 0.05) is 214 Å². The molecular formula is C105H133N14O23+. The molecule has 8 N–H and O–H groups in total. The van der Waals surface area contributed by atoms with E-state index in [0.29, 0.717) is 65.4 Å². The third kappa shape index (κ3) is 33.4. The zero-order valence-corrected chi connectivity index (χ0v) is 82.9. The number of nitrogens with one attached hydrogen (secondary N) is 8. The number of ether oxygens (including phenoxy) is 9. The fraction of sp³-hybridized carbons (Fsp3) is 0.438. The molecule has 37 nitrogen and oxygen atoms in total. The molecule has 3 aliphatic rings. The molecule has 0 aliphatic carbocycles. The number of hydrogen-bond donors (Lipinski definition) is 8. The zero-order valence-electron chi connectivity index (χ0n) is 82.9. The topological polar surface area (TPSA) is 437 Å². The Morgan fingerprint density at radius 2 is 0.704 bits per heavy atom. The van der Waals surface area contributed by atoms with Crippen LogP contribution >= 0.6 is 0 Å². The van der Waals surface area contributed by atoms with Crippen molar-refractivity contribution < 1.29 is 114 Å². The highest BCUT2D eigenvalue weighted by molar-refractivity contribution is 6.08. The smallest absolute Gasteiger partial charge is 0.308 e. The summed E-state index contributed by atoms with van der Waals surface area (Å²) in [5.74, 6) is -9.60. The van der Waals surface area contributed by atoms with Gasteiger partial charge in [-0.3, -0.25) is 86.7 Å². The first-order valence-corrected chi connectivity index (χ1v) is 48.0. The standard InChI is InChI=1S/C105H132N14O23/c1-71(120)137-86-34-22-31-81(98(86)140-74(4)123)101(131)111-49-46-108-93(128)68-116-55-53-115(54-56-117(69-94(129)109-47-50-112-102(132)82-32-23-35-87(138-72(2)121)99(82)141-75(5)124)58-60-118(59-57-116)70-95(130)110-48-51-113-103(133)83-33-24-36-88(139-73(3)122)100(83)142-76(6)125)67-92(127)107-45-26-62-135-64-66-136-65-63-134-61-25-44-106-91(126)39-16-13-21-52-119-85-43-41-78-28-18-20-30-80(78)97(85)105(9,10)90(119)38-15-12-14-37-89-104(7,8)96-79-29-19-17-27-77(79)40-42-84(96)114(89)11/h12,14-15,17-20,22-24,27-38,40-43H,13,16,21,25-26,39,44-70H2,1-11H3,(H7-,106,107,108,109,110,111,112,113,126,127,128,129,130,131,132,133)/p+1. The van der Waals surface area contributed by atoms with E-state index in [1.165, 1.54) is 110 Å². The van der Waals surface area contributed by atoms with Crippen LogP contribution in [0.3, 0.4) is 0 Å². The van der Waals surface area contributed by atoms with Crippen LogP contribution in [0.25, 0.3) is 21.5 Å². The van der Waals surface area contributed by atoms with E-state index >= 15 is 0 Å². The Balaban J connectivity index is 0.679. The molecule has 37 heteroatoms. The molecule has 0 unspecified atom stereocenters. The largest absolute Gasteiger partial charge is 0.423 e. The van der Waals surface area contributed by atoms with Crippen LogP contribution in [0.15, 0.2) is 163 Å². The summed E-state index contributed by atoms with van der Waals surface area (Å²) < 4.78 is 51.2. The summed E-state index contributed by atoms with van der Waals surface area (Å²) in [6.45, 7) is 20.0. The number of likely N-dealkylation sites (N-methyl/N-ethyl adjacent to an activating group) is 1. The lowest BCUT2D eigenvalue weighted by atomic mass is 9.79. The molecule has 0 saturated carbocycles. The number of rotatable bonds is 49. The number of hydrogen-bond acceptors (Lipinski definition) is 28. The van der Waals surface area contributed by atoms with Crippen molar-refractivity contribution in [3.8, 4) is 34.5 Å². The molecule has 3 aliphatic heterocycles. The molecule has 0 aromatic heterocycles. The van der Waals surface area contributed by atoms with Crippen LogP contribution in [0.2, 0.25) is 0 Å². The third-order valence-electron chi connectivity index (χ3n) is 23.8. The maximum absolute atomic E-state index is 13.9. The molecule has 1 saturated heterocycles. The van der Waals surface area contributed by atoms with E-state index in [9.17, 15) is 67.1 Å². The number of allylic oxidation sites excluding steroid dienone is 6. The summed E-state index contributed by atoms with van der Waals surface area (Å²) in [6.07, 6.45) is 15.1. The Morgan fingerprint density at radius 1 is 0.345 bits per heavy atom. The van der Waals surface area contributed by atoms with Crippen molar-refractivity contribution >= 4 is 122 Å². The van der Waals surface area contributed by atoms with E-state index in [1.807, 2.05) is 19.6 Å². The van der Waals surface area contributed by atoms with E-state index in [1.54, 1.807) is 0 Å². The van der Waals surface area contributed by atoms with Crippen LogP contribution in [0.4, 0.5) is 11.4 Å². The van der Waals surface area contributed by atoms with Gasteiger partial charge in [0.2, 0.25) is 35.2 Å². The molecule has 0 atom stereocenters. The van der Waals surface area contributed by atoms with Crippen LogP contribution in [-0.2, 0) is 77.8 Å². The van der Waals surface area contributed by atoms with Gasteiger partial charge in [-0.15, -0.1) is 0 Å². The second kappa shape index (κ2) is 55.3. The molecule has 0 radical (unpaired) electrons. The predicted octanol–water partition coefficient (Wildman–Crippen LogP) is 7.83. The van der Waals surface area contributed by atoms with Gasteiger partial charge in [-0.05, 0) is 121 Å². The average Bonchev–Trinajstić information content (AvgIpc) is 1.58. The van der Waals surface area contributed by atoms with Gasteiger partial charge in [0.15, 0.2) is 40.2 Å². The molecule has 142 heavy (non-hydrogen) atoms. The summed E-state index contributed by atoms with van der Waals surface area (Å²) in [6, 6.07) is 38.6. The Kier molecular flexibility index (Phi) is 42.9. The quantitative estimate of drug-likeness (QED) is 0.00592. The number of nitrogens with zero attached hydrogens (tertiary/aromatic N) is 6. The van der Waals surface area contributed by atoms with Crippen LogP contribution < -0.4 is 75.9 Å². The highest BCUT2D eigenvalue weighted by Gasteiger charge is 2.46. The van der Waals surface area contributed by atoms with Gasteiger partial charge >= 0.3 is 35.8 Å². The Bertz CT molecular complexity index is 5680. The lowest BCUT2D eigenvalue weighted by Gasteiger charge is -2.33. The van der Waals surface area contributed by atoms with Crippen LogP contribution in [-0.4, -0.2) is 297 Å². The van der Waals surface area contributed by atoms with Crippen molar-refractivity contribution in [3.63, 3.8) is 0 Å². The fourth-order valence-corrected chi connectivity index (χ4v) is 17.2. The number of unbranched alkanes of at least 4 members (excludes halogenated alkanes) is 2. The number of para-hydroxylation sites is 3. The lowest BCUT2D eigenvalue weighted by molar-refractivity contribution is -0.438. The first-order valence-electron chi connectivity index (χ1n) is 48.0. The van der Waals surface area contributed by atoms with E-state index < -0.39 is 71.3 Å². The fourth-order valence-electron chi connectivity index (χ4n) is 17.2. The molecule has 0 spiro atoms. The van der Waals surface area contributed by atoms with Gasteiger partial charge in [-0.2, -0.15) is 4.58 Å². The summed E-state index contributed by atoms with van der Waals surface area (Å²) in [5, 5.41) is 27.5. The SMILES string of the molecule is CC(=O)Oc1cccc(C(=O)NCCNC(=O)CN2CCN(CC(=O)NCCCOCCOCCOCCCNC(=O)CCCCC[N+]3=C(/C=C/C=C/C=C4/N(C)c5ccc6ccccc6c5C4(C)C)C(C)(C)c4c3ccc3ccccc43)CCN(CC(=O)NCCNC(=O)c3cccc(OC(C)=O)c3OC(C)=O)CCN(CC(=O)NCCNC(=O)c3cccc(OC(C)=O)c3OC(C)=O)CC2)c1OC(C)=O. The Labute approximate surface area is 827 Å². The molecule has 7 aromatic rings. The average molecular weight is 1960 g/mol. The van der Waals surface area contributed by atoms with Gasteiger partial charge in [-0.1, -0.05) is 105 Å². The maximum Gasteiger partial charge on any atom is 0.308 e. The van der Waals surface area contributed by atoms with Crippen molar-refractivity contribution in [3.05, 3.63) is 191 Å². The highest BCUT2D eigenvalue weighted by atomic mass is 16.6. The number of carbonyl (C=O) groups is 14. The Hall–Kier alpha value is -14.0. The number of amides is 8. The summed E-state index contributed by atoms with van der Waals surface area (Å²) in [4.78, 5) is 191. The second-order valence-corrected chi connectivity index (χ2v) is 35.4. The van der Waals surface area contributed by atoms with Gasteiger partial charge in [0.05, 0.1) is 74.7 Å². The molecule has 7 aromatic carbocycles. The van der Waals surface area contributed by atoms with Gasteiger partial charge in [-0.25, -0.2) is 0 Å². The van der Waals surface area contributed by atoms with Gasteiger partial charge in [0.25, 0.3) is 17.7 Å². The van der Waals surface area contributed by atoms with Crippen LogP contribution in [0.5, 0.6) is 34.5 Å². The highest BCUT2D eigenvalue weighted by Crippen LogP contribution is 2.50. The van der Waals surface area contributed by atoms with Crippen molar-refractivity contribution in [1.82, 2.24) is 62.1 Å². The predicted molar refractivity (Wildman–Crippen MR) is 534 cm³/mol. The molecule has 3 heterocycles. The lowest BCUT2D eigenvalue weighted by Crippen LogP contribution is -2.52. The summed E-state index contributed by atoms with van der Waals surface area (Å²) in [5.41, 5.74) is 6.82. The van der Waals surface area contributed by atoms with Crippen molar-refractivity contribution in [2.45, 2.75) is 119 Å². The molecular weight excluding hydrogens is 1830 g/mol. The van der Waals surface area contributed by atoms with E-state index in [2.05, 4.69) is 190 Å². The normalized spacial score (nSPS) is 14.8. The first-order chi connectivity index (χ1) is 68.2. The molecule has 8 amide bonds. The van der Waals surface area contributed by atoms with Crippen molar-refractivity contribution in [2.24, 2.45) is 0 Å². The van der Waals surface area contributed by atoms with Gasteiger partial charge in [0.1, 0.15) is 6.54 Å². The van der Waals surface area contributed by atoms with Crippen LogP contribution in [0, 0.1) is 0 Å². The monoisotopic (exact) mass is 1960 g/mol. The number of esters is 6. The van der Waals surface area contributed by atoms with E-state index in [4.69, 9.17) is 42.6 Å². The van der Waals surface area contributed by atoms with Gasteiger partial charge < -0.3 is 90.1 Å².